The zero-order chi connectivity index (χ0) is 23.9. The Balaban J connectivity index is 1.57. The normalized spacial score (nSPS) is 25.4. The smallest absolute Gasteiger partial charge is 0.217 e. The van der Waals surface area contributed by atoms with E-state index >= 15 is 0 Å². The minimum Gasteiger partial charge on any atom is -0.354 e. The average Bonchev–Trinajstić information content (AvgIpc) is 2.71. The predicted octanol–water partition coefficient (Wildman–Crippen LogP) is 4.72. The van der Waals surface area contributed by atoms with Crippen LogP contribution in [-0.2, 0) is 14.4 Å². The SMILES string of the molecule is CC(=O)NC1CCC2(CC1)CC(=O)C(c1c(C)cc(-c3ncc(F)cc3F)cc1C)C(=O)C2. The third kappa shape index (κ3) is 4.59. The van der Waals surface area contributed by atoms with Crippen molar-refractivity contribution in [3.63, 3.8) is 0 Å². The summed E-state index contributed by atoms with van der Waals surface area (Å²) < 4.78 is 27.5. The van der Waals surface area contributed by atoms with Crippen LogP contribution in [0.15, 0.2) is 24.4 Å². The molecule has 0 radical (unpaired) electrons. The number of pyridine rings is 1. The van der Waals surface area contributed by atoms with Gasteiger partial charge in [-0.05, 0) is 73.8 Å². The molecule has 1 amide bonds. The quantitative estimate of drug-likeness (QED) is 0.681. The van der Waals surface area contributed by atoms with E-state index in [9.17, 15) is 23.2 Å². The number of nitrogens with zero attached hydrogens (tertiary/aromatic N) is 1. The van der Waals surface area contributed by atoms with E-state index in [1.807, 2.05) is 0 Å². The lowest BCUT2D eigenvalue weighted by Crippen LogP contribution is -2.45. The Kier molecular flexibility index (Phi) is 6.16. The Hall–Kier alpha value is -2.96. The number of hydrogen-bond acceptors (Lipinski definition) is 4. The topological polar surface area (TPSA) is 76.1 Å². The summed E-state index contributed by atoms with van der Waals surface area (Å²) in [6, 6.07) is 4.30. The van der Waals surface area contributed by atoms with Gasteiger partial charge in [0.05, 0.1) is 6.20 Å². The molecule has 7 heteroatoms. The molecule has 1 heterocycles. The van der Waals surface area contributed by atoms with Gasteiger partial charge in [0.25, 0.3) is 0 Å². The number of nitrogens with one attached hydrogen (secondary N) is 1. The minimum atomic E-state index is -0.816. The van der Waals surface area contributed by atoms with Crippen molar-refractivity contribution in [3.05, 3.63) is 52.7 Å². The first kappa shape index (κ1) is 23.2. The van der Waals surface area contributed by atoms with Crippen molar-refractivity contribution in [3.8, 4) is 11.3 Å². The van der Waals surface area contributed by atoms with Crippen LogP contribution in [0.3, 0.4) is 0 Å². The fourth-order valence-corrected chi connectivity index (χ4v) is 5.72. The van der Waals surface area contributed by atoms with E-state index in [0.29, 0.717) is 35.1 Å². The fraction of sp³-hybridized carbons (Fsp3) is 0.462. The summed E-state index contributed by atoms with van der Waals surface area (Å²) in [5.74, 6) is -2.54. The van der Waals surface area contributed by atoms with Crippen molar-refractivity contribution in [2.45, 2.75) is 71.3 Å². The van der Waals surface area contributed by atoms with Crippen LogP contribution in [0.5, 0.6) is 0 Å². The lowest BCUT2D eigenvalue weighted by Gasteiger charge is -2.43. The second-order valence-corrected chi connectivity index (χ2v) is 9.70. The van der Waals surface area contributed by atoms with E-state index in [0.717, 1.165) is 37.9 Å². The third-order valence-electron chi connectivity index (χ3n) is 7.16. The Morgan fingerprint density at radius 1 is 1.03 bits per heavy atom. The lowest BCUT2D eigenvalue weighted by atomic mass is 9.60. The van der Waals surface area contributed by atoms with Crippen molar-refractivity contribution in [1.82, 2.24) is 10.3 Å². The van der Waals surface area contributed by atoms with Gasteiger partial charge in [-0.2, -0.15) is 0 Å². The number of hydrogen-bond donors (Lipinski definition) is 1. The van der Waals surface area contributed by atoms with E-state index in [4.69, 9.17) is 0 Å². The molecule has 1 spiro atoms. The number of ketones is 2. The van der Waals surface area contributed by atoms with Crippen LogP contribution in [0.25, 0.3) is 11.3 Å². The maximum absolute atomic E-state index is 14.2. The number of amides is 1. The van der Waals surface area contributed by atoms with Gasteiger partial charge in [-0.3, -0.25) is 19.4 Å². The van der Waals surface area contributed by atoms with Crippen molar-refractivity contribution < 1.29 is 23.2 Å². The molecule has 2 aliphatic carbocycles. The van der Waals surface area contributed by atoms with Crippen molar-refractivity contribution >= 4 is 17.5 Å². The van der Waals surface area contributed by atoms with Gasteiger partial charge < -0.3 is 5.32 Å². The highest BCUT2D eigenvalue weighted by Gasteiger charge is 2.47. The number of carbonyl (C=O) groups excluding carboxylic acids is 3. The molecule has 0 bridgehead atoms. The summed E-state index contributed by atoms with van der Waals surface area (Å²) in [6.07, 6.45) is 4.70. The zero-order valence-electron chi connectivity index (χ0n) is 19.1. The van der Waals surface area contributed by atoms with Gasteiger partial charge in [0.1, 0.15) is 29.0 Å². The van der Waals surface area contributed by atoms with Crippen molar-refractivity contribution in [2.75, 3.05) is 0 Å². The first-order chi connectivity index (χ1) is 15.6. The van der Waals surface area contributed by atoms with Gasteiger partial charge in [-0.1, -0.05) is 0 Å². The number of rotatable bonds is 3. The number of halogens is 2. The molecule has 0 unspecified atom stereocenters. The van der Waals surface area contributed by atoms with E-state index in [-0.39, 0.29) is 34.6 Å². The molecule has 1 aromatic heterocycles. The molecule has 0 saturated heterocycles. The zero-order valence-corrected chi connectivity index (χ0v) is 19.1. The molecular weight excluding hydrogens is 426 g/mol. The van der Waals surface area contributed by atoms with Crippen LogP contribution < -0.4 is 5.32 Å². The van der Waals surface area contributed by atoms with Crippen molar-refractivity contribution in [2.24, 2.45) is 5.41 Å². The van der Waals surface area contributed by atoms with Crippen LogP contribution >= 0.6 is 0 Å². The highest BCUT2D eigenvalue weighted by molar-refractivity contribution is 6.10. The summed E-state index contributed by atoms with van der Waals surface area (Å²) in [7, 11) is 0. The van der Waals surface area contributed by atoms with Crippen LogP contribution in [0.2, 0.25) is 0 Å². The van der Waals surface area contributed by atoms with E-state index in [2.05, 4.69) is 10.3 Å². The summed E-state index contributed by atoms with van der Waals surface area (Å²) in [4.78, 5) is 41.8. The minimum absolute atomic E-state index is 0.0327. The monoisotopic (exact) mass is 454 g/mol. The highest BCUT2D eigenvalue weighted by atomic mass is 19.1. The fourth-order valence-electron chi connectivity index (χ4n) is 5.72. The molecular formula is C26H28F2N2O3. The Morgan fingerprint density at radius 2 is 1.61 bits per heavy atom. The molecule has 0 aliphatic heterocycles. The van der Waals surface area contributed by atoms with Gasteiger partial charge in [-0.25, -0.2) is 8.78 Å². The largest absolute Gasteiger partial charge is 0.354 e. The molecule has 4 rings (SSSR count). The lowest BCUT2D eigenvalue weighted by molar-refractivity contribution is -0.138. The molecule has 1 aromatic carbocycles. The van der Waals surface area contributed by atoms with Crippen LogP contribution in [-0.4, -0.2) is 28.5 Å². The number of Topliss-reactive ketones (excluding diaryl/α,β-unsaturated/α-hetero) is 2. The van der Waals surface area contributed by atoms with Crippen LogP contribution in [0.1, 0.15) is 68.1 Å². The van der Waals surface area contributed by atoms with Gasteiger partial charge >= 0.3 is 0 Å². The Bertz CT molecular complexity index is 1090. The molecule has 2 aliphatic rings. The number of aryl methyl sites for hydroxylation is 2. The molecule has 2 saturated carbocycles. The second-order valence-electron chi connectivity index (χ2n) is 9.70. The van der Waals surface area contributed by atoms with Crippen molar-refractivity contribution in [1.29, 1.82) is 0 Å². The standard InChI is InChI=1S/C26H28F2N2O3/c1-14-8-17(25-20(28)10-18(27)13-29-25)9-15(2)23(14)24-21(32)11-26(12-22(24)33)6-4-19(5-7-26)30-16(3)31/h8-10,13,19,24H,4-7,11-12H2,1-3H3,(H,30,31). The maximum atomic E-state index is 14.2. The summed E-state index contributed by atoms with van der Waals surface area (Å²) in [5, 5.41) is 2.94. The highest BCUT2D eigenvalue weighted by Crippen LogP contribution is 2.49. The summed E-state index contributed by atoms with van der Waals surface area (Å²) in [6.45, 7) is 5.10. The van der Waals surface area contributed by atoms with Crippen LogP contribution in [0.4, 0.5) is 8.78 Å². The van der Waals surface area contributed by atoms with Gasteiger partial charge in [0.15, 0.2) is 5.82 Å². The maximum Gasteiger partial charge on any atom is 0.217 e. The molecule has 1 N–H and O–H groups in total. The van der Waals surface area contributed by atoms with Gasteiger partial charge in [0.2, 0.25) is 5.91 Å². The Labute approximate surface area is 192 Å². The molecule has 33 heavy (non-hydrogen) atoms. The van der Waals surface area contributed by atoms with E-state index < -0.39 is 17.6 Å². The molecule has 2 fully saturated rings. The van der Waals surface area contributed by atoms with Crippen LogP contribution in [0, 0.1) is 30.9 Å². The Morgan fingerprint density at radius 3 is 2.12 bits per heavy atom. The third-order valence-corrected chi connectivity index (χ3v) is 7.16. The average molecular weight is 455 g/mol. The first-order valence-electron chi connectivity index (χ1n) is 11.3. The predicted molar refractivity (Wildman–Crippen MR) is 120 cm³/mol. The molecule has 174 valence electrons. The van der Waals surface area contributed by atoms with Gasteiger partial charge in [-0.15, -0.1) is 0 Å². The second kappa shape index (κ2) is 8.76. The number of aromatic nitrogens is 1. The van der Waals surface area contributed by atoms with E-state index in [1.54, 1.807) is 26.0 Å². The van der Waals surface area contributed by atoms with Gasteiger partial charge in [0, 0.05) is 37.4 Å². The number of carbonyl (C=O) groups is 3. The molecule has 0 atom stereocenters. The van der Waals surface area contributed by atoms with E-state index in [1.165, 1.54) is 6.92 Å². The molecule has 5 nitrogen and oxygen atoms in total. The summed E-state index contributed by atoms with van der Waals surface area (Å²) >= 11 is 0. The number of benzene rings is 1. The molecule has 2 aromatic rings. The summed E-state index contributed by atoms with van der Waals surface area (Å²) in [5.41, 5.74) is 2.31. The first-order valence-corrected chi connectivity index (χ1v) is 11.3.